The molecule has 0 aromatic rings. The van der Waals surface area contributed by atoms with Gasteiger partial charge in [-0.05, 0) is 49.9 Å². The third kappa shape index (κ3) is 4.36. The van der Waals surface area contributed by atoms with E-state index in [1.165, 1.54) is 44.9 Å². The van der Waals surface area contributed by atoms with Crippen LogP contribution in [0.5, 0.6) is 0 Å². The van der Waals surface area contributed by atoms with Crippen molar-refractivity contribution < 1.29 is 14.3 Å². The van der Waals surface area contributed by atoms with Crippen LogP contribution >= 0.6 is 0 Å². The molecule has 2 amide bonds. The van der Waals surface area contributed by atoms with Gasteiger partial charge in [-0.1, -0.05) is 19.3 Å². The predicted octanol–water partition coefficient (Wildman–Crippen LogP) is 2.49. The lowest BCUT2D eigenvalue weighted by Crippen LogP contribution is -2.63. The molecule has 4 fully saturated rings. The Kier molecular flexibility index (Phi) is 5.03. The van der Waals surface area contributed by atoms with E-state index >= 15 is 0 Å². The Labute approximate surface area is 150 Å². The van der Waals surface area contributed by atoms with Gasteiger partial charge < -0.3 is 15.0 Å². The zero-order valence-electron chi connectivity index (χ0n) is 15.3. The summed E-state index contributed by atoms with van der Waals surface area (Å²) in [6.07, 6.45) is 11.1. The molecule has 5 nitrogen and oxygen atoms in total. The van der Waals surface area contributed by atoms with Crippen molar-refractivity contribution >= 4 is 11.8 Å². The van der Waals surface area contributed by atoms with Gasteiger partial charge in [-0.2, -0.15) is 0 Å². The average molecular weight is 348 g/mol. The summed E-state index contributed by atoms with van der Waals surface area (Å²) >= 11 is 0. The highest BCUT2D eigenvalue weighted by molar-refractivity contribution is 5.78. The molecule has 2 heterocycles. The Morgan fingerprint density at radius 2 is 1.72 bits per heavy atom. The van der Waals surface area contributed by atoms with Gasteiger partial charge in [-0.25, -0.2) is 0 Å². The van der Waals surface area contributed by atoms with Crippen LogP contribution in [0, 0.1) is 17.8 Å². The molecule has 5 heteroatoms. The van der Waals surface area contributed by atoms with Crippen molar-refractivity contribution in [1.82, 2.24) is 10.2 Å². The van der Waals surface area contributed by atoms with Crippen molar-refractivity contribution in [2.24, 2.45) is 17.8 Å². The lowest BCUT2D eigenvalue weighted by molar-refractivity contribution is -0.158. The van der Waals surface area contributed by atoms with E-state index < -0.39 is 0 Å². The smallest absolute Gasteiger partial charge is 0.223 e. The van der Waals surface area contributed by atoms with Crippen molar-refractivity contribution in [2.75, 3.05) is 26.2 Å². The van der Waals surface area contributed by atoms with E-state index in [0.29, 0.717) is 30.8 Å². The summed E-state index contributed by atoms with van der Waals surface area (Å²) in [7, 11) is 0. The van der Waals surface area contributed by atoms with Gasteiger partial charge in [0.2, 0.25) is 11.8 Å². The van der Waals surface area contributed by atoms with Crippen LogP contribution in [-0.2, 0) is 14.3 Å². The fraction of sp³-hybridized carbons (Fsp3) is 0.900. The zero-order valence-corrected chi connectivity index (χ0v) is 15.3. The molecule has 0 bridgehead atoms. The zero-order chi connectivity index (χ0) is 17.3. The highest BCUT2D eigenvalue weighted by atomic mass is 16.5. The number of carbonyl (C=O) groups excluding carboxylic acids is 2. The van der Waals surface area contributed by atoms with Crippen LogP contribution in [0.4, 0.5) is 0 Å². The highest BCUT2D eigenvalue weighted by Gasteiger charge is 2.51. The van der Waals surface area contributed by atoms with Crippen LogP contribution in [0.25, 0.3) is 0 Å². The second kappa shape index (κ2) is 7.26. The van der Waals surface area contributed by atoms with E-state index in [2.05, 4.69) is 5.32 Å². The first-order valence-corrected chi connectivity index (χ1v) is 10.3. The molecular weight excluding hydrogens is 316 g/mol. The molecule has 0 aromatic heterocycles. The molecule has 1 spiro atoms. The van der Waals surface area contributed by atoms with Gasteiger partial charge in [0.1, 0.15) is 5.60 Å². The van der Waals surface area contributed by atoms with Gasteiger partial charge in [0.05, 0.1) is 19.7 Å². The van der Waals surface area contributed by atoms with Gasteiger partial charge in [0.15, 0.2) is 0 Å². The van der Waals surface area contributed by atoms with Gasteiger partial charge in [0, 0.05) is 19.4 Å². The van der Waals surface area contributed by atoms with E-state index in [1.54, 1.807) is 0 Å². The van der Waals surface area contributed by atoms with E-state index in [-0.39, 0.29) is 11.5 Å². The predicted molar refractivity (Wildman–Crippen MR) is 94.9 cm³/mol. The standard InChI is InChI=1S/C20H32N2O3/c23-18(21-11-16-6-7-16)8-17-10-20(25-12-17)13-22(14-20)19(24)9-15-4-2-1-3-5-15/h15-17H,1-14H2,(H,21,23). The number of hydrogen-bond donors (Lipinski definition) is 1. The fourth-order valence-corrected chi connectivity index (χ4v) is 4.80. The summed E-state index contributed by atoms with van der Waals surface area (Å²) in [6, 6.07) is 0. The molecule has 1 atom stereocenters. The van der Waals surface area contributed by atoms with Crippen molar-refractivity contribution in [3.8, 4) is 0 Å². The van der Waals surface area contributed by atoms with E-state index in [1.807, 2.05) is 4.90 Å². The van der Waals surface area contributed by atoms with E-state index in [4.69, 9.17) is 4.74 Å². The maximum absolute atomic E-state index is 12.5. The maximum atomic E-state index is 12.5. The second-order valence-corrected chi connectivity index (χ2v) is 8.97. The Morgan fingerprint density at radius 3 is 2.44 bits per heavy atom. The molecule has 0 radical (unpaired) electrons. The molecule has 4 aliphatic rings. The van der Waals surface area contributed by atoms with Crippen LogP contribution in [0.3, 0.4) is 0 Å². The molecule has 2 saturated heterocycles. The Hall–Kier alpha value is -1.10. The van der Waals surface area contributed by atoms with Crippen molar-refractivity contribution in [3.63, 3.8) is 0 Å². The summed E-state index contributed by atoms with van der Waals surface area (Å²) < 4.78 is 6.02. The lowest BCUT2D eigenvalue weighted by Gasteiger charge is -2.47. The molecule has 1 N–H and O–H groups in total. The minimum atomic E-state index is -0.149. The molecule has 2 aliphatic carbocycles. The summed E-state index contributed by atoms with van der Waals surface area (Å²) in [5, 5.41) is 3.05. The average Bonchev–Trinajstić information content (AvgIpc) is 3.31. The Bertz CT molecular complexity index is 505. The van der Waals surface area contributed by atoms with Crippen LogP contribution in [0.1, 0.15) is 64.2 Å². The van der Waals surface area contributed by atoms with Crippen molar-refractivity contribution in [1.29, 1.82) is 0 Å². The summed E-state index contributed by atoms with van der Waals surface area (Å²) in [4.78, 5) is 26.4. The largest absolute Gasteiger partial charge is 0.371 e. The first-order chi connectivity index (χ1) is 12.1. The van der Waals surface area contributed by atoms with Gasteiger partial charge in [-0.15, -0.1) is 0 Å². The highest BCUT2D eigenvalue weighted by Crippen LogP contribution is 2.40. The quantitative estimate of drug-likeness (QED) is 0.802. The molecule has 4 rings (SSSR count). The third-order valence-electron chi connectivity index (χ3n) is 6.54. The fourth-order valence-electron chi connectivity index (χ4n) is 4.80. The number of carbonyl (C=O) groups is 2. The minimum absolute atomic E-state index is 0.149. The normalized spacial score (nSPS) is 28.8. The summed E-state index contributed by atoms with van der Waals surface area (Å²) in [5.74, 6) is 2.12. The monoisotopic (exact) mass is 348 g/mol. The van der Waals surface area contributed by atoms with Crippen molar-refractivity contribution in [3.05, 3.63) is 0 Å². The van der Waals surface area contributed by atoms with Crippen LogP contribution in [0.2, 0.25) is 0 Å². The molecule has 1 unspecified atom stereocenters. The SMILES string of the molecule is O=C(CC1COC2(C1)CN(C(=O)CC1CCCCC1)C2)NCC1CC1. The maximum Gasteiger partial charge on any atom is 0.223 e. The molecular formula is C20H32N2O3. The Balaban J connectivity index is 1.16. The third-order valence-corrected chi connectivity index (χ3v) is 6.54. The first kappa shape index (κ1) is 17.3. The van der Waals surface area contributed by atoms with Gasteiger partial charge in [0.25, 0.3) is 0 Å². The number of rotatable bonds is 6. The summed E-state index contributed by atoms with van der Waals surface area (Å²) in [5.41, 5.74) is -0.149. The van der Waals surface area contributed by atoms with Crippen molar-refractivity contribution in [2.45, 2.75) is 69.8 Å². The van der Waals surface area contributed by atoms with Crippen LogP contribution in [0.15, 0.2) is 0 Å². The Morgan fingerprint density at radius 1 is 0.960 bits per heavy atom. The first-order valence-electron chi connectivity index (χ1n) is 10.3. The van der Waals surface area contributed by atoms with Gasteiger partial charge >= 0.3 is 0 Å². The number of nitrogens with one attached hydrogen (secondary N) is 1. The molecule has 2 aliphatic heterocycles. The van der Waals surface area contributed by atoms with Gasteiger partial charge in [-0.3, -0.25) is 9.59 Å². The minimum Gasteiger partial charge on any atom is -0.371 e. The van der Waals surface area contributed by atoms with Crippen LogP contribution < -0.4 is 5.32 Å². The molecule has 0 aromatic carbocycles. The number of ether oxygens (including phenoxy) is 1. The summed E-state index contributed by atoms with van der Waals surface area (Å²) in [6.45, 7) is 2.99. The van der Waals surface area contributed by atoms with E-state index in [9.17, 15) is 9.59 Å². The number of nitrogens with zero attached hydrogens (tertiary/aromatic N) is 1. The molecule has 25 heavy (non-hydrogen) atoms. The number of hydrogen-bond acceptors (Lipinski definition) is 3. The topological polar surface area (TPSA) is 58.6 Å². The number of likely N-dealkylation sites (tertiary alicyclic amines) is 1. The molecule has 140 valence electrons. The second-order valence-electron chi connectivity index (χ2n) is 8.97. The molecule has 2 saturated carbocycles. The lowest BCUT2D eigenvalue weighted by atomic mass is 9.83. The number of amides is 2. The van der Waals surface area contributed by atoms with Crippen LogP contribution in [-0.4, -0.2) is 48.6 Å². The van der Waals surface area contributed by atoms with E-state index in [0.717, 1.165) is 38.4 Å².